The van der Waals surface area contributed by atoms with Crippen molar-refractivity contribution in [3.05, 3.63) is 32.6 Å². The number of H-pyrrole nitrogens is 1. The smallest absolute Gasteiger partial charge is 0.262 e. The van der Waals surface area contributed by atoms with Gasteiger partial charge in [0.1, 0.15) is 0 Å². The maximum atomic E-state index is 12.4. The second-order valence-electron chi connectivity index (χ2n) is 4.26. The van der Waals surface area contributed by atoms with Gasteiger partial charge in [-0.15, -0.1) is 11.3 Å². The van der Waals surface area contributed by atoms with E-state index in [1.54, 1.807) is 19.1 Å². The fraction of sp³-hybridized carbons (Fsp3) is 0.364. The molecule has 6 nitrogen and oxygen atoms in total. The fourth-order valence-electron chi connectivity index (χ4n) is 1.72. The van der Waals surface area contributed by atoms with E-state index < -0.39 is 10.0 Å². The molecule has 0 spiro atoms. The molecule has 0 bridgehead atoms. The maximum absolute atomic E-state index is 12.4. The van der Waals surface area contributed by atoms with Crippen LogP contribution in [0.2, 0.25) is 4.34 Å². The molecule has 0 aliphatic heterocycles. The number of halogens is 1. The normalized spacial score (nSPS) is 12.2. The topological polar surface area (TPSA) is 86.3 Å². The SMILES string of the molecule is Cc1[nH]nc(S(=O)(=O)N(C)Cc2ccc(Cl)s2)c1CO. The van der Waals surface area contributed by atoms with Gasteiger partial charge in [0.25, 0.3) is 10.0 Å². The Hall–Kier alpha value is -0.930. The van der Waals surface area contributed by atoms with Gasteiger partial charge in [-0.2, -0.15) is 9.40 Å². The molecule has 0 saturated carbocycles. The summed E-state index contributed by atoms with van der Waals surface area (Å²) in [5, 5.41) is 15.5. The lowest BCUT2D eigenvalue weighted by molar-refractivity contribution is 0.277. The zero-order valence-electron chi connectivity index (χ0n) is 10.9. The summed E-state index contributed by atoms with van der Waals surface area (Å²) in [6, 6.07) is 3.50. The van der Waals surface area contributed by atoms with Crippen LogP contribution in [-0.4, -0.2) is 35.1 Å². The Kier molecular flexibility index (Phi) is 4.50. The molecule has 9 heteroatoms. The molecule has 2 aromatic heterocycles. The Bertz CT molecular complexity index is 708. The van der Waals surface area contributed by atoms with Crippen LogP contribution in [0.15, 0.2) is 17.2 Å². The van der Waals surface area contributed by atoms with Crippen molar-refractivity contribution in [2.75, 3.05) is 7.05 Å². The number of rotatable bonds is 5. The lowest BCUT2D eigenvalue weighted by Crippen LogP contribution is -2.27. The van der Waals surface area contributed by atoms with Crippen LogP contribution in [0.3, 0.4) is 0 Å². The number of hydrogen-bond donors (Lipinski definition) is 2. The standard InChI is InChI=1S/C11H14ClN3O3S2/c1-7-9(6-16)11(14-13-7)20(17,18)15(2)5-8-3-4-10(12)19-8/h3-4,16H,5-6H2,1-2H3,(H,13,14). The van der Waals surface area contributed by atoms with Crippen LogP contribution in [0, 0.1) is 6.92 Å². The van der Waals surface area contributed by atoms with E-state index in [1.807, 2.05) is 0 Å². The van der Waals surface area contributed by atoms with Gasteiger partial charge in [0.2, 0.25) is 0 Å². The van der Waals surface area contributed by atoms with Crippen molar-refractivity contribution in [3.8, 4) is 0 Å². The number of aryl methyl sites for hydroxylation is 1. The first-order valence-corrected chi connectivity index (χ1v) is 8.35. The summed E-state index contributed by atoms with van der Waals surface area (Å²) in [6.07, 6.45) is 0. The quantitative estimate of drug-likeness (QED) is 0.871. The third kappa shape index (κ3) is 2.89. The zero-order valence-corrected chi connectivity index (χ0v) is 13.3. The lowest BCUT2D eigenvalue weighted by Gasteiger charge is -2.15. The van der Waals surface area contributed by atoms with Gasteiger partial charge in [-0.05, 0) is 19.1 Å². The van der Waals surface area contributed by atoms with Crippen molar-refractivity contribution in [3.63, 3.8) is 0 Å². The Morgan fingerprint density at radius 2 is 2.20 bits per heavy atom. The van der Waals surface area contributed by atoms with E-state index in [4.69, 9.17) is 11.6 Å². The molecule has 0 aromatic carbocycles. The number of hydrogen-bond acceptors (Lipinski definition) is 5. The number of nitrogens with zero attached hydrogens (tertiary/aromatic N) is 2. The van der Waals surface area contributed by atoms with Crippen molar-refractivity contribution < 1.29 is 13.5 Å². The van der Waals surface area contributed by atoms with E-state index in [0.717, 1.165) is 4.88 Å². The van der Waals surface area contributed by atoms with Crippen molar-refractivity contribution in [2.45, 2.75) is 25.1 Å². The highest BCUT2D eigenvalue weighted by Crippen LogP contribution is 2.25. The van der Waals surface area contributed by atoms with Crippen LogP contribution in [0.5, 0.6) is 0 Å². The summed E-state index contributed by atoms with van der Waals surface area (Å²) in [4.78, 5) is 0.832. The number of nitrogens with one attached hydrogen (secondary N) is 1. The third-order valence-corrected chi connectivity index (χ3v) is 5.85. The number of aromatic nitrogens is 2. The number of aliphatic hydroxyl groups excluding tert-OH is 1. The Labute approximate surface area is 126 Å². The molecule has 2 N–H and O–H groups in total. The highest BCUT2D eigenvalue weighted by molar-refractivity contribution is 7.89. The summed E-state index contributed by atoms with van der Waals surface area (Å²) in [5.41, 5.74) is 0.833. The van der Waals surface area contributed by atoms with Gasteiger partial charge in [0, 0.05) is 29.7 Å². The molecular formula is C11H14ClN3O3S2. The Morgan fingerprint density at radius 1 is 1.50 bits per heavy atom. The number of sulfonamides is 1. The molecule has 0 amide bonds. The van der Waals surface area contributed by atoms with Crippen molar-refractivity contribution in [2.24, 2.45) is 0 Å². The van der Waals surface area contributed by atoms with Crippen molar-refractivity contribution in [1.29, 1.82) is 0 Å². The summed E-state index contributed by atoms with van der Waals surface area (Å²) < 4.78 is 26.7. The molecule has 2 heterocycles. The fourth-order valence-corrected chi connectivity index (χ4v) is 4.24. The van der Waals surface area contributed by atoms with Gasteiger partial charge >= 0.3 is 0 Å². The molecule has 2 rings (SSSR count). The van der Waals surface area contributed by atoms with Crippen LogP contribution in [0.4, 0.5) is 0 Å². The molecule has 0 saturated heterocycles. The van der Waals surface area contributed by atoms with Crippen LogP contribution >= 0.6 is 22.9 Å². The van der Waals surface area contributed by atoms with Gasteiger partial charge in [-0.1, -0.05) is 11.6 Å². The summed E-state index contributed by atoms with van der Waals surface area (Å²) in [5.74, 6) is 0. The van der Waals surface area contributed by atoms with Crippen LogP contribution in [0.1, 0.15) is 16.1 Å². The van der Waals surface area contributed by atoms with Crippen molar-refractivity contribution in [1.82, 2.24) is 14.5 Å². The van der Waals surface area contributed by atoms with E-state index in [0.29, 0.717) is 15.6 Å². The molecule has 0 radical (unpaired) electrons. The average molecular weight is 336 g/mol. The van der Waals surface area contributed by atoms with Crippen LogP contribution in [-0.2, 0) is 23.2 Å². The zero-order chi connectivity index (χ0) is 14.9. The minimum absolute atomic E-state index is 0.136. The minimum Gasteiger partial charge on any atom is -0.392 e. The highest BCUT2D eigenvalue weighted by atomic mass is 35.5. The van der Waals surface area contributed by atoms with Gasteiger partial charge in [-0.3, -0.25) is 5.10 Å². The first kappa shape index (κ1) is 15.5. The van der Waals surface area contributed by atoms with Crippen molar-refractivity contribution >= 4 is 33.0 Å². The third-order valence-electron chi connectivity index (χ3n) is 2.86. The monoisotopic (exact) mass is 335 g/mol. The molecule has 0 unspecified atom stereocenters. The summed E-state index contributed by atoms with van der Waals surface area (Å²) >= 11 is 7.15. The van der Waals surface area contributed by atoms with Gasteiger partial charge in [-0.25, -0.2) is 8.42 Å². The van der Waals surface area contributed by atoms with Gasteiger partial charge in [0.15, 0.2) is 5.03 Å². The molecule has 110 valence electrons. The van der Waals surface area contributed by atoms with Crippen LogP contribution < -0.4 is 0 Å². The number of thiophene rings is 1. The van der Waals surface area contributed by atoms with Gasteiger partial charge < -0.3 is 5.11 Å². The van der Waals surface area contributed by atoms with Crippen LogP contribution in [0.25, 0.3) is 0 Å². The second-order valence-corrected chi connectivity index (χ2v) is 8.02. The predicted octanol–water partition coefficient (Wildman–Crippen LogP) is 1.75. The summed E-state index contributed by atoms with van der Waals surface area (Å²) in [6.45, 7) is 1.49. The van der Waals surface area contributed by atoms with E-state index in [2.05, 4.69) is 10.2 Å². The summed E-state index contributed by atoms with van der Waals surface area (Å²) in [7, 11) is -2.29. The first-order chi connectivity index (χ1) is 9.36. The van der Waals surface area contributed by atoms with E-state index in [9.17, 15) is 13.5 Å². The molecule has 0 fully saturated rings. The average Bonchev–Trinajstić information content (AvgIpc) is 2.95. The van der Waals surface area contributed by atoms with E-state index in [-0.39, 0.29) is 18.2 Å². The Balaban J connectivity index is 2.29. The largest absolute Gasteiger partial charge is 0.392 e. The molecule has 0 aliphatic carbocycles. The number of aromatic amines is 1. The van der Waals surface area contributed by atoms with Gasteiger partial charge in [0.05, 0.1) is 10.9 Å². The maximum Gasteiger partial charge on any atom is 0.262 e. The van der Waals surface area contributed by atoms with E-state index in [1.165, 1.54) is 22.7 Å². The predicted molar refractivity (Wildman–Crippen MR) is 77.2 cm³/mol. The number of aliphatic hydroxyl groups is 1. The Morgan fingerprint density at radius 3 is 2.75 bits per heavy atom. The molecule has 0 atom stereocenters. The lowest BCUT2D eigenvalue weighted by atomic mass is 10.3. The minimum atomic E-state index is -3.76. The molecule has 0 aliphatic rings. The molecule has 20 heavy (non-hydrogen) atoms. The molecular weight excluding hydrogens is 322 g/mol. The molecule has 2 aromatic rings. The van der Waals surface area contributed by atoms with E-state index >= 15 is 0 Å². The highest BCUT2D eigenvalue weighted by Gasteiger charge is 2.28. The second kappa shape index (κ2) is 5.82. The first-order valence-electron chi connectivity index (χ1n) is 5.71.